The molecule has 0 fully saturated rings. The van der Waals surface area contributed by atoms with Crippen molar-refractivity contribution in [3.8, 4) is 5.75 Å². The number of ether oxygens (including phenoxy) is 2. The maximum Gasteiger partial charge on any atom is 0.342 e. The Morgan fingerprint density at radius 3 is 3.00 bits per heavy atom. The van der Waals surface area contributed by atoms with Crippen LogP contribution < -0.4 is 4.74 Å². The smallest absolute Gasteiger partial charge is 0.342 e. The van der Waals surface area contributed by atoms with Gasteiger partial charge in [-0.3, -0.25) is 4.79 Å². The van der Waals surface area contributed by atoms with E-state index in [1.807, 2.05) is 6.07 Å². The molecule has 1 aromatic carbocycles. The average Bonchev–Trinajstić information content (AvgIpc) is 2.17. The lowest BCUT2D eigenvalue weighted by Crippen LogP contribution is -2.19. The van der Waals surface area contributed by atoms with Crippen LogP contribution in [0.2, 0.25) is 0 Å². The number of esters is 2. The van der Waals surface area contributed by atoms with Gasteiger partial charge in [0.2, 0.25) is 0 Å². The molecule has 4 nitrogen and oxygen atoms in total. The van der Waals surface area contributed by atoms with E-state index >= 15 is 0 Å². The van der Waals surface area contributed by atoms with Gasteiger partial charge >= 0.3 is 11.9 Å². The maximum atomic E-state index is 11.5. The van der Waals surface area contributed by atoms with Crippen molar-refractivity contribution in [2.75, 3.05) is 6.61 Å². The van der Waals surface area contributed by atoms with Gasteiger partial charge in [-0.2, -0.15) is 0 Å². The molecule has 1 aliphatic heterocycles. The van der Waals surface area contributed by atoms with Gasteiger partial charge in [0.1, 0.15) is 11.3 Å². The van der Waals surface area contributed by atoms with Crippen molar-refractivity contribution in [3.05, 3.63) is 29.3 Å². The Morgan fingerprint density at radius 2 is 2.27 bits per heavy atom. The molecule has 0 amide bonds. The number of carbonyl (C=O) groups excluding carboxylic acids is 2. The standard InChI is InChI=1S/C11H10O4/c1-7(12)15-9-4-2-3-8-5-6-14-11(13)10(8)9/h2-4H,5-6H2,1H3. The lowest BCUT2D eigenvalue weighted by atomic mass is 10.0. The molecule has 0 N–H and O–H groups in total. The predicted molar refractivity (Wildman–Crippen MR) is 51.7 cm³/mol. The van der Waals surface area contributed by atoms with Crippen molar-refractivity contribution in [1.29, 1.82) is 0 Å². The molecule has 0 aromatic heterocycles. The van der Waals surface area contributed by atoms with Crippen LogP contribution in [0, 0.1) is 0 Å². The van der Waals surface area contributed by atoms with Crippen LogP contribution in [0.1, 0.15) is 22.8 Å². The Hall–Kier alpha value is -1.84. The molecular weight excluding hydrogens is 196 g/mol. The predicted octanol–water partition coefficient (Wildman–Crippen LogP) is 1.32. The summed E-state index contributed by atoms with van der Waals surface area (Å²) < 4.78 is 9.84. The summed E-state index contributed by atoms with van der Waals surface area (Å²) in [6.07, 6.45) is 0.663. The molecule has 0 unspecified atom stereocenters. The van der Waals surface area contributed by atoms with E-state index in [1.165, 1.54) is 6.92 Å². The summed E-state index contributed by atoms with van der Waals surface area (Å²) in [7, 11) is 0. The van der Waals surface area contributed by atoms with Crippen LogP contribution in [-0.2, 0) is 16.0 Å². The molecule has 1 aromatic rings. The van der Waals surface area contributed by atoms with Crippen molar-refractivity contribution in [1.82, 2.24) is 0 Å². The van der Waals surface area contributed by atoms with Gasteiger partial charge < -0.3 is 9.47 Å². The Labute approximate surface area is 86.8 Å². The summed E-state index contributed by atoms with van der Waals surface area (Å²) in [4.78, 5) is 22.3. The normalized spacial score (nSPS) is 14.1. The summed E-state index contributed by atoms with van der Waals surface area (Å²) in [5.74, 6) is -0.584. The van der Waals surface area contributed by atoms with Crippen LogP contribution in [0.3, 0.4) is 0 Å². The molecule has 0 radical (unpaired) electrons. The number of fused-ring (bicyclic) bond motifs is 1. The van der Waals surface area contributed by atoms with Crippen molar-refractivity contribution >= 4 is 11.9 Å². The number of cyclic esters (lactones) is 1. The van der Waals surface area contributed by atoms with Crippen LogP contribution in [0.4, 0.5) is 0 Å². The van der Waals surface area contributed by atoms with E-state index in [2.05, 4.69) is 0 Å². The monoisotopic (exact) mass is 206 g/mol. The second kappa shape index (κ2) is 3.73. The van der Waals surface area contributed by atoms with E-state index < -0.39 is 11.9 Å². The molecule has 0 atom stereocenters. The highest BCUT2D eigenvalue weighted by molar-refractivity contribution is 5.95. The fourth-order valence-electron chi connectivity index (χ4n) is 1.58. The summed E-state index contributed by atoms with van der Waals surface area (Å²) >= 11 is 0. The first-order chi connectivity index (χ1) is 7.18. The summed E-state index contributed by atoms with van der Waals surface area (Å²) in [5.41, 5.74) is 1.24. The maximum absolute atomic E-state index is 11.5. The van der Waals surface area contributed by atoms with Crippen LogP contribution in [0.5, 0.6) is 5.75 Å². The van der Waals surface area contributed by atoms with Crippen molar-refractivity contribution in [2.45, 2.75) is 13.3 Å². The molecule has 1 heterocycles. The molecule has 1 aliphatic rings. The fraction of sp³-hybridized carbons (Fsp3) is 0.273. The van der Waals surface area contributed by atoms with Crippen molar-refractivity contribution in [3.63, 3.8) is 0 Å². The molecule has 15 heavy (non-hydrogen) atoms. The third-order valence-corrected chi connectivity index (χ3v) is 2.17. The summed E-state index contributed by atoms with van der Waals surface area (Å²) in [6.45, 7) is 1.68. The Bertz CT molecular complexity index is 423. The second-order valence-electron chi connectivity index (χ2n) is 3.27. The SMILES string of the molecule is CC(=O)Oc1cccc2c1C(=O)OCC2. The number of benzene rings is 1. The second-order valence-corrected chi connectivity index (χ2v) is 3.27. The Morgan fingerprint density at radius 1 is 1.47 bits per heavy atom. The van der Waals surface area contributed by atoms with Crippen molar-refractivity contribution in [2.24, 2.45) is 0 Å². The minimum atomic E-state index is -0.443. The zero-order valence-corrected chi connectivity index (χ0v) is 8.28. The van der Waals surface area contributed by atoms with E-state index in [4.69, 9.17) is 9.47 Å². The zero-order valence-electron chi connectivity index (χ0n) is 8.28. The van der Waals surface area contributed by atoms with Crippen LogP contribution in [0.15, 0.2) is 18.2 Å². The molecule has 0 aliphatic carbocycles. The van der Waals surface area contributed by atoms with Gasteiger partial charge in [0.05, 0.1) is 6.61 Å². The Kier molecular flexibility index (Phi) is 2.41. The molecule has 0 saturated carbocycles. The minimum Gasteiger partial charge on any atom is -0.462 e. The quantitative estimate of drug-likeness (QED) is 0.513. The number of hydrogen-bond acceptors (Lipinski definition) is 4. The Balaban J connectivity index is 2.46. The third kappa shape index (κ3) is 1.83. The molecule has 0 saturated heterocycles. The van der Waals surface area contributed by atoms with Gasteiger partial charge in [0, 0.05) is 13.3 Å². The van der Waals surface area contributed by atoms with E-state index in [0.717, 1.165) is 5.56 Å². The van der Waals surface area contributed by atoms with Crippen LogP contribution >= 0.6 is 0 Å². The zero-order chi connectivity index (χ0) is 10.8. The fourth-order valence-corrected chi connectivity index (χ4v) is 1.58. The molecule has 0 spiro atoms. The van der Waals surface area contributed by atoms with E-state index in [-0.39, 0.29) is 5.75 Å². The first-order valence-electron chi connectivity index (χ1n) is 4.66. The number of hydrogen-bond donors (Lipinski definition) is 0. The van der Waals surface area contributed by atoms with Crippen LogP contribution in [0.25, 0.3) is 0 Å². The largest absolute Gasteiger partial charge is 0.462 e. The highest BCUT2D eigenvalue weighted by atomic mass is 16.5. The van der Waals surface area contributed by atoms with Gasteiger partial charge in [0.25, 0.3) is 0 Å². The molecular formula is C11H10O4. The number of carbonyl (C=O) groups is 2. The topological polar surface area (TPSA) is 52.6 Å². The third-order valence-electron chi connectivity index (χ3n) is 2.17. The average molecular weight is 206 g/mol. The summed E-state index contributed by atoms with van der Waals surface area (Å²) in [5, 5.41) is 0. The lowest BCUT2D eigenvalue weighted by Gasteiger charge is -2.17. The minimum absolute atomic E-state index is 0.282. The highest BCUT2D eigenvalue weighted by Gasteiger charge is 2.23. The molecule has 78 valence electrons. The first-order valence-corrected chi connectivity index (χ1v) is 4.66. The first kappa shape index (κ1) is 9.71. The summed E-state index contributed by atoms with van der Waals surface area (Å²) in [6, 6.07) is 5.19. The molecule has 2 rings (SSSR count). The van der Waals surface area contributed by atoms with Gasteiger partial charge in [0.15, 0.2) is 0 Å². The molecule has 4 heteroatoms. The van der Waals surface area contributed by atoms with E-state index in [1.54, 1.807) is 12.1 Å². The van der Waals surface area contributed by atoms with Gasteiger partial charge in [-0.1, -0.05) is 12.1 Å². The van der Waals surface area contributed by atoms with E-state index in [0.29, 0.717) is 18.6 Å². The number of rotatable bonds is 1. The van der Waals surface area contributed by atoms with Gasteiger partial charge in [-0.15, -0.1) is 0 Å². The molecule has 0 bridgehead atoms. The highest BCUT2D eigenvalue weighted by Crippen LogP contribution is 2.26. The lowest BCUT2D eigenvalue weighted by molar-refractivity contribution is -0.131. The van der Waals surface area contributed by atoms with Gasteiger partial charge in [-0.25, -0.2) is 4.79 Å². The van der Waals surface area contributed by atoms with Crippen molar-refractivity contribution < 1.29 is 19.1 Å². The van der Waals surface area contributed by atoms with Gasteiger partial charge in [-0.05, 0) is 11.6 Å². The van der Waals surface area contributed by atoms with Crippen LogP contribution in [-0.4, -0.2) is 18.5 Å². The van der Waals surface area contributed by atoms with E-state index in [9.17, 15) is 9.59 Å².